The first-order chi connectivity index (χ1) is 16.7. The molecule has 0 unspecified atom stereocenters. The molecule has 35 heavy (non-hydrogen) atoms. The molecule has 2 heterocycles. The number of hydrogen-bond acceptors (Lipinski definition) is 8. The Bertz CT molecular complexity index is 1390. The van der Waals surface area contributed by atoms with Gasteiger partial charge in [-0.25, -0.2) is 4.98 Å². The number of thiazole rings is 1. The summed E-state index contributed by atoms with van der Waals surface area (Å²) in [4.78, 5) is 40.6. The molecule has 3 amide bonds. The molecule has 9 nitrogen and oxygen atoms in total. The van der Waals surface area contributed by atoms with E-state index in [-0.39, 0.29) is 17.7 Å². The van der Waals surface area contributed by atoms with Gasteiger partial charge in [-0.2, -0.15) is 0 Å². The summed E-state index contributed by atoms with van der Waals surface area (Å²) >= 11 is 3.15. The van der Waals surface area contributed by atoms with Crippen LogP contribution >= 0.6 is 23.1 Å². The second-order valence-corrected chi connectivity index (χ2v) is 10.1. The summed E-state index contributed by atoms with van der Waals surface area (Å²) in [5.74, 6) is 0.585. The normalized spacial score (nSPS) is 10.9. The van der Waals surface area contributed by atoms with Crippen molar-refractivity contribution in [2.75, 3.05) is 16.0 Å². The number of thioether (sulfide) groups is 1. The molecule has 3 N–H and O–H groups in total. The number of nitrogens with one attached hydrogen (secondary N) is 3. The number of carbonyl (C=O) groups excluding carboxylic acids is 3. The maximum atomic E-state index is 13.0. The van der Waals surface area contributed by atoms with Crippen molar-refractivity contribution in [3.63, 3.8) is 0 Å². The molecule has 0 aliphatic rings. The van der Waals surface area contributed by atoms with E-state index < -0.39 is 0 Å². The zero-order chi connectivity index (χ0) is 25.1. The highest BCUT2D eigenvalue weighted by molar-refractivity contribution is 8.00. The van der Waals surface area contributed by atoms with Gasteiger partial charge in [0.15, 0.2) is 4.34 Å². The van der Waals surface area contributed by atoms with Crippen molar-refractivity contribution in [2.45, 2.75) is 37.8 Å². The van der Waals surface area contributed by atoms with E-state index in [0.29, 0.717) is 28.4 Å². The van der Waals surface area contributed by atoms with Gasteiger partial charge in [0, 0.05) is 47.8 Å². The van der Waals surface area contributed by atoms with Crippen LogP contribution in [0.25, 0.3) is 10.2 Å². The Morgan fingerprint density at radius 1 is 0.943 bits per heavy atom. The molecule has 2 aromatic heterocycles. The Morgan fingerprint density at radius 2 is 1.63 bits per heavy atom. The van der Waals surface area contributed by atoms with Gasteiger partial charge in [-0.05, 0) is 50.2 Å². The topological polar surface area (TPSA) is 126 Å². The van der Waals surface area contributed by atoms with Crippen molar-refractivity contribution in [1.82, 2.24) is 10.1 Å². The molecule has 0 bridgehead atoms. The van der Waals surface area contributed by atoms with Gasteiger partial charge in [0.25, 0.3) is 5.91 Å². The minimum Gasteiger partial charge on any atom is -0.361 e. The van der Waals surface area contributed by atoms with Crippen molar-refractivity contribution >= 4 is 68.1 Å². The highest BCUT2D eigenvalue weighted by Gasteiger charge is 2.14. The fraction of sp³-hybridized carbons (Fsp3) is 0.208. The van der Waals surface area contributed by atoms with E-state index >= 15 is 0 Å². The van der Waals surface area contributed by atoms with Crippen LogP contribution in [-0.4, -0.2) is 27.9 Å². The lowest BCUT2D eigenvalue weighted by Gasteiger charge is -2.11. The zero-order valence-corrected chi connectivity index (χ0v) is 21.1. The molecule has 0 saturated heterocycles. The number of benzene rings is 2. The first-order valence-electron chi connectivity index (χ1n) is 10.6. The van der Waals surface area contributed by atoms with E-state index in [9.17, 15) is 14.4 Å². The smallest absolute Gasteiger partial charge is 0.255 e. The van der Waals surface area contributed by atoms with Gasteiger partial charge < -0.3 is 20.5 Å². The Balaban J connectivity index is 1.51. The van der Waals surface area contributed by atoms with Crippen LogP contribution in [0.1, 0.15) is 41.2 Å². The van der Waals surface area contributed by atoms with Crippen LogP contribution in [0.5, 0.6) is 0 Å². The van der Waals surface area contributed by atoms with Gasteiger partial charge in [-0.3, -0.25) is 14.4 Å². The lowest BCUT2D eigenvalue weighted by molar-refractivity contribution is -0.115. The molecule has 4 aromatic rings. The van der Waals surface area contributed by atoms with Crippen LogP contribution in [0.2, 0.25) is 0 Å². The fourth-order valence-electron chi connectivity index (χ4n) is 3.40. The van der Waals surface area contributed by atoms with Crippen molar-refractivity contribution in [2.24, 2.45) is 0 Å². The molecule has 0 fully saturated rings. The Labute approximate surface area is 209 Å². The second-order valence-electron chi connectivity index (χ2n) is 7.87. The molecule has 11 heteroatoms. The number of amides is 3. The summed E-state index contributed by atoms with van der Waals surface area (Å²) in [6, 6.07) is 10.2. The summed E-state index contributed by atoms with van der Waals surface area (Å²) < 4.78 is 7.07. The first kappa shape index (κ1) is 24.4. The summed E-state index contributed by atoms with van der Waals surface area (Å²) in [6.07, 6.45) is 0. The number of aryl methyl sites for hydroxylation is 2. The van der Waals surface area contributed by atoms with E-state index in [1.807, 2.05) is 26.0 Å². The highest BCUT2D eigenvalue weighted by atomic mass is 32.2. The average molecular weight is 510 g/mol. The number of fused-ring (bicyclic) bond motifs is 1. The maximum absolute atomic E-state index is 13.0. The molecule has 0 saturated carbocycles. The monoisotopic (exact) mass is 509 g/mol. The third-order valence-electron chi connectivity index (χ3n) is 4.98. The molecular weight excluding hydrogens is 486 g/mol. The Morgan fingerprint density at radius 3 is 2.23 bits per heavy atom. The SMILES string of the molecule is CC(=O)Nc1cc(NC(C)=O)cc(C(=O)Nc2ccc3nc(SCc4c(C)noc4C)sc3c2)c1. The number of carbonyl (C=O) groups is 3. The van der Waals surface area contributed by atoms with Crippen LogP contribution in [0, 0.1) is 13.8 Å². The molecule has 180 valence electrons. The van der Waals surface area contributed by atoms with Gasteiger partial charge in [0.1, 0.15) is 5.76 Å². The Kier molecular flexibility index (Phi) is 7.17. The number of aromatic nitrogens is 2. The van der Waals surface area contributed by atoms with Crippen LogP contribution in [0.4, 0.5) is 17.1 Å². The minimum absolute atomic E-state index is 0.282. The number of nitrogens with zero attached hydrogens (tertiary/aromatic N) is 2. The van der Waals surface area contributed by atoms with E-state index in [1.54, 1.807) is 47.4 Å². The largest absolute Gasteiger partial charge is 0.361 e. The number of rotatable bonds is 7. The quantitative estimate of drug-likeness (QED) is 0.286. The van der Waals surface area contributed by atoms with Gasteiger partial charge in [0.05, 0.1) is 15.9 Å². The van der Waals surface area contributed by atoms with E-state index in [1.165, 1.54) is 13.8 Å². The zero-order valence-electron chi connectivity index (χ0n) is 19.5. The fourth-order valence-corrected chi connectivity index (χ4v) is 5.66. The lowest BCUT2D eigenvalue weighted by Crippen LogP contribution is -2.15. The average Bonchev–Trinajstić information content (AvgIpc) is 3.32. The minimum atomic E-state index is -0.374. The molecule has 0 aliphatic carbocycles. The van der Waals surface area contributed by atoms with Crippen LogP contribution in [-0.2, 0) is 15.3 Å². The summed E-state index contributed by atoms with van der Waals surface area (Å²) in [7, 11) is 0. The van der Waals surface area contributed by atoms with Crippen molar-refractivity contribution in [1.29, 1.82) is 0 Å². The number of hydrogen-bond donors (Lipinski definition) is 3. The first-order valence-corrected chi connectivity index (χ1v) is 12.4. The molecule has 4 rings (SSSR count). The van der Waals surface area contributed by atoms with E-state index in [4.69, 9.17) is 4.52 Å². The van der Waals surface area contributed by atoms with Crippen molar-refractivity contribution < 1.29 is 18.9 Å². The molecular formula is C24H23N5O4S2. The summed E-state index contributed by atoms with van der Waals surface area (Å²) in [5.41, 5.74) is 4.51. The van der Waals surface area contributed by atoms with Gasteiger partial charge in [0.2, 0.25) is 11.8 Å². The van der Waals surface area contributed by atoms with Gasteiger partial charge in [-0.15, -0.1) is 11.3 Å². The lowest BCUT2D eigenvalue weighted by atomic mass is 10.1. The van der Waals surface area contributed by atoms with Crippen molar-refractivity contribution in [3.05, 3.63) is 59.0 Å². The van der Waals surface area contributed by atoms with Crippen molar-refractivity contribution in [3.8, 4) is 0 Å². The molecule has 2 aromatic carbocycles. The van der Waals surface area contributed by atoms with Crippen LogP contribution in [0.15, 0.2) is 45.3 Å². The number of anilines is 3. The second kappa shape index (κ2) is 10.3. The highest BCUT2D eigenvalue weighted by Crippen LogP contribution is 2.34. The summed E-state index contributed by atoms with van der Waals surface area (Å²) in [6.45, 7) is 6.56. The molecule has 0 aliphatic heterocycles. The van der Waals surface area contributed by atoms with Crippen LogP contribution < -0.4 is 16.0 Å². The maximum Gasteiger partial charge on any atom is 0.255 e. The van der Waals surface area contributed by atoms with E-state index in [0.717, 1.165) is 31.6 Å². The Hall–Kier alpha value is -3.70. The molecule has 0 spiro atoms. The van der Waals surface area contributed by atoms with E-state index in [2.05, 4.69) is 26.1 Å². The predicted octanol–water partition coefficient (Wildman–Crippen LogP) is 5.36. The third kappa shape index (κ3) is 6.06. The van der Waals surface area contributed by atoms with Gasteiger partial charge >= 0.3 is 0 Å². The standard InChI is InChI=1S/C24H23N5O4S2/c1-12-20(13(2)33-29-12)11-34-24-28-21-6-5-17(10-22(21)35-24)27-23(32)16-7-18(25-14(3)30)9-19(8-16)26-15(4)31/h5-10H,11H2,1-4H3,(H,25,30)(H,26,31)(H,27,32). The molecule has 0 atom stereocenters. The van der Waals surface area contributed by atoms with Crippen LogP contribution in [0.3, 0.4) is 0 Å². The van der Waals surface area contributed by atoms with Gasteiger partial charge in [-0.1, -0.05) is 16.9 Å². The third-order valence-corrected chi connectivity index (χ3v) is 7.17. The predicted molar refractivity (Wildman–Crippen MR) is 138 cm³/mol. The molecule has 0 radical (unpaired) electrons. The summed E-state index contributed by atoms with van der Waals surface area (Å²) in [5, 5.41) is 12.2.